The molecule has 1 aliphatic heterocycles. The highest BCUT2D eigenvalue weighted by Gasteiger charge is 2.31. The minimum Gasteiger partial charge on any atom is -0.355 e. The van der Waals surface area contributed by atoms with E-state index >= 15 is 0 Å². The van der Waals surface area contributed by atoms with E-state index in [1.54, 1.807) is 27.9 Å². The van der Waals surface area contributed by atoms with Crippen LogP contribution in [0.2, 0.25) is 0 Å². The first-order valence-electron chi connectivity index (χ1n) is 9.63. The fourth-order valence-corrected chi connectivity index (χ4v) is 3.69. The summed E-state index contributed by atoms with van der Waals surface area (Å²) in [5.41, 5.74) is 3.38. The lowest BCUT2D eigenvalue weighted by molar-refractivity contribution is 0.0985. The van der Waals surface area contributed by atoms with Crippen LogP contribution in [-0.2, 0) is 0 Å². The average Bonchev–Trinajstić information content (AvgIpc) is 3.14. The van der Waals surface area contributed by atoms with E-state index in [1.807, 2.05) is 43.1 Å². The minimum atomic E-state index is -0.320. The Kier molecular flexibility index (Phi) is 4.20. The number of rotatable bonds is 2. The van der Waals surface area contributed by atoms with E-state index < -0.39 is 0 Å². The summed E-state index contributed by atoms with van der Waals surface area (Å²) >= 11 is 0. The van der Waals surface area contributed by atoms with Crippen LogP contribution >= 0.6 is 0 Å². The first kappa shape index (κ1) is 18.2. The van der Waals surface area contributed by atoms with Gasteiger partial charge in [0.25, 0.3) is 5.91 Å². The summed E-state index contributed by atoms with van der Waals surface area (Å²) in [7, 11) is 1.95. The summed E-state index contributed by atoms with van der Waals surface area (Å²) in [4.78, 5) is 26.6. The molecule has 0 atom stereocenters. The van der Waals surface area contributed by atoms with Crippen LogP contribution in [0.3, 0.4) is 0 Å². The number of halogens is 1. The molecule has 0 bridgehead atoms. The third kappa shape index (κ3) is 2.88. The molecule has 4 aromatic rings. The van der Waals surface area contributed by atoms with Gasteiger partial charge in [-0.05, 0) is 43.3 Å². The zero-order chi connectivity index (χ0) is 20.8. The first-order chi connectivity index (χ1) is 14.5. The van der Waals surface area contributed by atoms with Gasteiger partial charge in [0.1, 0.15) is 5.82 Å². The number of aromatic nitrogens is 4. The van der Waals surface area contributed by atoms with Crippen LogP contribution in [0.4, 0.5) is 16.0 Å². The molecular weight excluding hydrogens is 383 g/mol. The van der Waals surface area contributed by atoms with Crippen molar-refractivity contribution < 1.29 is 9.18 Å². The third-order valence-corrected chi connectivity index (χ3v) is 5.37. The zero-order valence-corrected chi connectivity index (χ0v) is 16.6. The van der Waals surface area contributed by atoms with Crippen molar-refractivity contribution in [2.75, 3.05) is 29.9 Å². The SMILES string of the molecule is Cc1c(C(=O)N2CCN(C)c3nc4ccccc4nc32)cnn1-c1ccc(F)cc1. The number of benzene rings is 2. The molecule has 0 N–H and O–H groups in total. The van der Waals surface area contributed by atoms with Crippen molar-refractivity contribution in [3.05, 3.63) is 71.8 Å². The molecule has 150 valence electrons. The van der Waals surface area contributed by atoms with E-state index in [9.17, 15) is 9.18 Å². The molecule has 5 rings (SSSR count). The Balaban J connectivity index is 1.56. The second-order valence-corrected chi connectivity index (χ2v) is 7.27. The summed E-state index contributed by atoms with van der Waals surface area (Å²) in [6, 6.07) is 13.6. The Morgan fingerprint density at radius 3 is 2.33 bits per heavy atom. The van der Waals surface area contributed by atoms with Gasteiger partial charge in [0.2, 0.25) is 0 Å². The maximum Gasteiger partial charge on any atom is 0.263 e. The van der Waals surface area contributed by atoms with Crippen molar-refractivity contribution >= 4 is 28.6 Å². The van der Waals surface area contributed by atoms with Gasteiger partial charge in [-0.3, -0.25) is 9.69 Å². The summed E-state index contributed by atoms with van der Waals surface area (Å²) in [6.07, 6.45) is 1.55. The molecule has 0 saturated heterocycles. The van der Waals surface area contributed by atoms with Gasteiger partial charge >= 0.3 is 0 Å². The van der Waals surface area contributed by atoms with E-state index in [0.29, 0.717) is 41.7 Å². The van der Waals surface area contributed by atoms with E-state index in [1.165, 1.54) is 12.1 Å². The number of likely N-dealkylation sites (N-methyl/N-ethyl adjacent to an activating group) is 1. The van der Waals surface area contributed by atoms with Crippen LogP contribution in [0.15, 0.2) is 54.7 Å². The van der Waals surface area contributed by atoms with E-state index in [4.69, 9.17) is 9.97 Å². The van der Waals surface area contributed by atoms with Crippen molar-refractivity contribution in [3.63, 3.8) is 0 Å². The van der Waals surface area contributed by atoms with Crippen LogP contribution in [0.25, 0.3) is 16.7 Å². The van der Waals surface area contributed by atoms with Gasteiger partial charge in [-0.25, -0.2) is 19.0 Å². The smallest absolute Gasteiger partial charge is 0.263 e. The van der Waals surface area contributed by atoms with E-state index in [2.05, 4.69) is 5.10 Å². The highest BCUT2D eigenvalue weighted by atomic mass is 19.1. The minimum absolute atomic E-state index is 0.181. The molecule has 30 heavy (non-hydrogen) atoms. The molecule has 0 radical (unpaired) electrons. The Bertz CT molecular complexity index is 1270. The number of hydrogen-bond acceptors (Lipinski definition) is 5. The highest BCUT2D eigenvalue weighted by Crippen LogP contribution is 2.32. The fraction of sp³-hybridized carbons (Fsp3) is 0.182. The molecule has 0 saturated carbocycles. The quantitative estimate of drug-likeness (QED) is 0.514. The van der Waals surface area contributed by atoms with Crippen molar-refractivity contribution in [1.82, 2.24) is 19.7 Å². The van der Waals surface area contributed by atoms with Gasteiger partial charge in [-0.15, -0.1) is 0 Å². The Labute approximate surface area is 172 Å². The van der Waals surface area contributed by atoms with Gasteiger partial charge in [-0.1, -0.05) is 12.1 Å². The van der Waals surface area contributed by atoms with Crippen molar-refractivity contribution in [2.45, 2.75) is 6.92 Å². The first-order valence-corrected chi connectivity index (χ1v) is 9.63. The number of carbonyl (C=O) groups is 1. The monoisotopic (exact) mass is 402 g/mol. The topological polar surface area (TPSA) is 67.2 Å². The predicted octanol–water partition coefficient (Wildman–Crippen LogP) is 3.36. The molecule has 2 aromatic carbocycles. The summed E-state index contributed by atoms with van der Waals surface area (Å²) in [6.45, 7) is 2.97. The number of nitrogens with zero attached hydrogens (tertiary/aromatic N) is 6. The van der Waals surface area contributed by atoms with E-state index in [0.717, 1.165) is 11.0 Å². The molecule has 7 nitrogen and oxygen atoms in total. The van der Waals surface area contributed by atoms with Gasteiger partial charge in [-0.2, -0.15) is 5.10 Å². The second-order valence-electron chi connectivity index (χ2n) is 7.27. The number of fused-ring (bicyclic) bond motifs is 2. The molecule has 8 heteroatoms. The fourth-order valence-electron chi connectivity index (χ4n) is 3.69. The third-order valence-electron chi connectivity index (χ3n) is 5.37. The van der Waals surface area contributed by atoms with Crippen molar-refractivity contribution in [1.29, 1.82) is 0 Å². The largest absolute Gasteiger partial charge is 0.355 e. The van der Waals surface area contributed by atoms with Gasteiger partial charge in [0.15, 0.2) is 11.6 Å². The molecule has 1 aliphatic rings. The van der Waals surface area contributed by atoms with Crippen molar-refractivity contribution in [3.8, 4) is 5.69 Å². The second kappa shape index (κ2) is 6.91. The van der Waals surface area contributed by atoms with Gasteiger partial charge < -0.3 is 4.90 Å². The summed E-state index contributed by atoms with van der Waals surface area (Å²) in [5.74, 6) is 0.720. The molecule has 0 fully saturated rings. The number of amides is 1. The number of anilines is 2. The standard InChI is InChI=1S/C22H19FN6O/c1-14-17(13-24-29(14)16-9-7-15(23)8-10-16)22(30)28-12-11-27(2)20-21(28)26-19-6-4-3-5-18(19)25-20/h3-10,13H,11-12H2,1-2H3. The van der Waals surface area contributed by atoms with E-state index in [-0.39, 0.29) is 11.7 Å². The molecule has 2 aromatic heterocycles. The maximum atomic E-state index is 13.5. The molecule has 0 spiro atoms. The number of para-hydroxylation sites is 2. The molecule has 0 unspecified atom stereocenters. The summed E-state index contributed by atoms with van der Waals surface area (Å²) < 4.78 is 14.9. The Morgan fingerprint density at radius 2 is 1.63 bits per heavy atom. The van der Waals surface area contributed by atoms with Crippen LogP contribution in [-0.4, -0.2) is 45.8 Å². The lowest BCUT2D eigenvalue weighted by atomic mass is 10.2. The molecule has 3 heterocycles. The normalized spacial score (nSPS) is 13.6. The van der Waals surface area contributed by atoms with Crippen LogP contribution in [0.1, 0.15) is 16.1 Å². The van der Waals surface area contributed by atoms with Gasteiger partial charge in [0, 0.05) is 20.1 Å². The predicted molar refractivity (Wildman–Crippen MR) is 113 cm³/mol. The lowest BCUT2D eigenvalue weighted by Crippen LogP contribution is -2.44. The Hall–Kier alpha value is -3.81. The number of hydrogen-bond donors (Lipinski definition) is 0. The lowest BCUT2D eigenvalue weighted by Gasteiger charge is -2.33. The summed E-state index contributed by atoms with van der Waals surface area (Å²) in [5, 5.41) is 4.35. The molecule has 1 amide bonds. The number of carbonyl (C=O) groups excluding carboxylic acids is 1. The molecule has 0 aliphatic carbocycles. The maximum absolute atomic E-state index is 13.5. The zero-order valence-electron chi connectivity index (χ0n) is 16.6. The average molecular weight is 402 g/mol. The van der Waals surface area contributed by atoms with Crippen LogP contribution < -0.4 is 9.80 Å². The highest BCUT2D eigenvalue weighted by molar-refractivity contribution is 6.08. The van der Waals surface area contributed by atoms with Crippen molar-refractivity contribution in [2.24, 2.45) is 0 Å². The van der Waals surface area contributed by atoms with Crippen LogP contribution in [0.5, 0.6) is 0 Å². The van der Waals surface area contributed by atoms with Crippen LogP contribution in [0, 0.1) is 12.7 Å². The Morgan fingerprint density at radius 1 is 0.967 bits per heavy atom. The van der Waals surface area contributed by atoms with Gasteiger partial charge in [0.05, 0.1) is 34.2 Å². The molecular formula is C22H19FN6O.